The zero-order valence-electron chi connectivity index (χ0n) is 4.25. The Labute approximate surface area is 53.8 Å². The second kappa shape index (κ2) is 1.53. The molecule has 7 heavy (non-hydrogen) atoms. The van der Waals surface area contributed by atoms with Gasteiger partial charge in [0.2, 0.25) is 0 Å². The Morgan fingerprint density at radius 1 is 1.71 bits per heavy atom. The Kier molecular flexibility index (Phi) is 1.25. The molecule has 1 aliphatic carbocycles. The lowest BCUT2D eigenvalue weighted by molar-refractivity contribution is 0.788. The van der Waals surface area contributed by atoms with Crippen molar-refractivity contribution < 1.29 is 0 Å². The molecule has 1 aliphatic rings. The van der Waals surface area contributed by atoms with E-state index in [1.165, 1.54) is 0 Å². The molecule has 1 unspecified atom stereocenters. The topological polar surface area (TPSA) is 0 Å². The van der Waals surface area contributed by atoms with Crippen molar-refractivity contribution in [3.63, 3.8) is 0 Å². The van der Waals surface area contributed by atoms with E-state index in [1.807, 2.05) is 0 Å². The van der Waals surface area contributed by atoms with Gasteiger partial charge in [0.15, 0.2) is 0 Å². The first-order chi connectivity index (χ1) is 3.17. The first-order valence-corrected chi connectivity index (χ1v) is 3.30. The van der Waals surface area contributed by atoms with Gasteiger partial charge < -0.3 is 0 Å². The standard InChI is InChI=1S/C5H8Cl2/c1-2-4-3-5(4,6)7/h4H,2-3H2,1H3. The van der Waals surface area contributed by atoms with Crippen molar-refractivity contribution in [1.82, 2.24) is 0 Å². The smallest absolute Gasteiger partial charge is 0.101 e. The van der Waals surface area contributed by atoms with Crippen LogP contribution < -0.4 is 0 Å². The molecule has 0 aromatic heterocycles. The average Bonchev–Trinajstić information content (AvgIpc) is 2.13. The lowest BCUT2D eigenvalue weighted by atomic mass is 10.3. The summed E-state index contributed by atoms with van der Waals surface area (Å²) < 4.78 is -0.339. The highest BCUT2D eigenvalue weighted by molar-refractivity contribution is 6.50. The van der Waals surface area contributed by atoms with Crippen molar-refractivity contribution >= 4 is 23.2 Å². The molecule has 0 aromatic rings. The molecular formula is C5H8Cl2. The molecule has 0 bridgehead atoms. The van der Waals surface area contributed by atoms with Crippen LogP contribution in [0.1, 0.15) is 19.8 Å². The molecule has 0 aliphatic heterocycles. The van der Waals surface area contributed by atoms with Crippen LogP contribution in [0.5, 0.6) is 0 Å². The fraction of sp³-hybridized carbons (Fsp3) is 1.00. The fourth-order valence-electron chi connectivity index (χ4n) is 0.713. The average molecular weight is 139 g/mol. The second-order valence-electron chi connectivity index (χ2n) is 2.07. The third-order valence-electron chi connectivity index (χ3n) is 1.45. The summed E-state index contributed by atoms with van der Waals surface area (Å²) in [4.78, 5) is 0. The molecule has 0 radical (unpaired) electrons. The minimum absolute atomic E-state index is 0.339. The van der Waals surface area contributed by atoms with Crippen molar-refractivity contribution in [2.75, 3.05) is 0 Å². The number of halogens is 2. The second-order valence-corrected chi connectivity index (χ2v) is 3.61. The van der Waals surface area contributed by atoms with Crippen LogP contribution >= 0.6 is 23.2 Å². The van der Waals surface area contributed by atoms with Crippen LogP contribution in [0.2, 0.25) is 0 Å². The molecule has 0 amide bonds. The Hall–Kier alpha value is 0.580. The van der Waals surface area contributed by atoms with Gasteiger partial charge in [-0.2, -0.15) is 0 Å². The van der Waals surface area contributed by atoms with Crippen LogP contribution in [0, 0.1) is 5.92 Å². The van der Waals surface area contributed by atoms with Crippen molar-refractivity contribution in [1.29, 1.82) is 0 Å². The lowest BCUT2D eigenvalue weighted by Gasteiger charge is -1.90. The van der Waals surface area contributed by atoms with E-state index in [0.29, 0.717) is 5.92 Å². The zero-order chi connectivity index (χ0) is 5.49. The Morgan fingerprint density at radius 2 is 2.14 bits per heavy atom. The van der Waals surface area contributed by atoms with Gasteiger partial charge in [-0.1, -0.05) is 13.3 Å². The summed E-state index contributed by atoms with van der Waals surface area (Å²) in [5.41, 5.74) is 0. The van der Waals surface area contributed by atoms with Gasteiger partial charge in [-0.3, -0.25) is 0 Å². The van der Waals surface area contributed by atoms with E-state index in [2.05, 4.69) is 6.92 Å². The first-order valence-electron chi connectivity index (χ1n) is 2.54. The van der Waals surface area contributed by atoms with Gasteiger partial charge in [-0.15, -0.1) is 23.2 Å². The van der Waals surface area contributed by atoms with Gasteiger partial charge in [-0.05, 0) is 12.3 Å². The van der Waals surface area contributed by atoms with E-state index in [4.69, 9.17) is 23.2 Å². The Balaban J connectivity index is 2.30. The number of hydrogen-bond donors (Lipinski definition) is 0. The number of alkyl halides is 2. The summed E-state index contributed by atoms with van der Waals surface area (Å²) in [5.74, 6) is 0.579. The molecule has 1 rings (SSSR count). The largest absolute Gasteiger partial charge is 0.121 e. The van der Waals surface area contributed by atoms with Gasteiger partial charge in [0.05, 0.1) is 0 Å². The normalized spacial score (nSPS) is 35.6. The number of rotatable bonds is 1. The molecule has 1 atom stereocenters. The van der Waals surface area contributed by atoms with Crippen molar-refractivity contribution in [3.05, 3.63) is 0 Å². The molecule has 2 heteroatoms. The van der Waals surface area contributed by atoms with E-state index in [1.54, 1.807) is 0 Å². The van der Waals surface area contributed by atoms with Crippen LogP contribution in [-0.4, -0.2) is 4.33 Å². The van der Waals surface area contributed by atoms with E-state index in [0.717, 1.165) is 12.8 Å². The predicted octanol–water partition coefficient (Wildman–Crippen LogP) is 2.59. The van der Waals surface area contributed by atoms with E-state index in [9.17, 15) is 0 Å². The predicted molar refractivity (Wildman–Crippen MR) is 32.8 cm³/mol. The van der Waals surface area contributed by atoms with E-state index >= 15 is 0 Å². The van der Waals surface area contributed by atoms with Crippen LogP contribution in [-0.2, 0) is 0 Å². The SMILES string of the molecule is CCC1CC1(Cl)Cl. The summed E-state index contributed by atoms with van der Waals surface area (Å²) in [5, 5.41) is 0. The van der Waals surface area contributed by atoms with E-state index in [-0.39, 0.29) is 4.33 Å². The van der Waals surface area contributed by atoms with Gasteiger partial charge in [-0.25, -0.2) is 0 Å². The monoisotopic (exact) mass is 138 g/mol. The lowest BCUT2D eigenvalue weighted by Crippen LogP contribution is -1.85. The van der Waals surface area contributed by atoms with Crippen LogP contribution in [0.15, 0.2) is 0 Å². The Bertz CT molecular complexity index is 78.1. The van der Waals surface area contributed by atoms with Gasteiger partial charge in [0.1, 0.15) is 4.33 Å². The van der Waals surface area contributed by atoms with Crippen LogP contribution in [0.25, 0.3) is 0 Å². The third kappa shape index (κ3) is 1.03. The van der Waals surface area contributed by atoms with Crippen LogP contribution in [0.3, 0.4) is 0 Å². The molecule has 0 N–H and O–H groups in total. The van der Waals surface area contributed by atoms with Gasteiger partial charge in [0.25, 0.3) is 0 Å². The summed E-state index contributed by atoms with van der Waals surface area (Å²) >= 11 is 11.3. The maximum atomic E-state index is 5.67. The van der Waals surface area contributed by atoms with E-state index < -0.39 is 0 Å². The minimum Gasteiger partial charge on any atom is -0.101 e. The third-order valence-corrected chi connectivity index (χ3v) is 2.37. The summed E-state index contributed by atoms with van der Waals surface area (Å²) in [7, 11) is 0. The number of hydrogen-bond acceptors (Lipinski definition) is 0. The highest BCUT2D eigenvalue weighted by Crippen LogP contribution is 2.54. The zero-order valence-corrected chi connectivity index (χ0v) is 5.76. The quantitative estimate of drug-likeness (QED) is 0.489. The van der Waals surface area contributed by atoms with Crippen molar-refractivity contribution in [2.24, 2.45) is 5.92 Å². The van der Waals surface area contributed by atoms with Gasteiger partial charge in [0, 0.05) is 0 Å². The molecule has 0 spiro atoms. The highest BCUT2D eigenvalue weighted by atomic mass is 35.5. The van der Waals surface area contributed by atoms with Gasteiger partial charge >= 0.3 is 0 Å². The molecular weight excluding hydrogens is 131 g/mol. The molecule has 0 saturated heterocycles. The Morgan fingerprint density at radius 3 is 2.14 bits per heavy atom. The maximum absolute atomic E-state index is 5.67. The van der Waals surface area contributed by atoms with Crippen LogP contribution in [0.4, 0.5) is 0 Å². The van der Waals surface area contributed by atoms with Crippen molar-refractivity contribution in [2.45, 2.75) is 24.1 Å². The molecule has 0 nitrogen and oxygen atoms in total. The molecule has 1 fully saturated rings. The van der Waals surface area contributed by atoms with Crippen molar-refractivity contribution in [3.8, 4) is 0 Å². The highest BCUT2D eigenvalue weighted by Gasteiger charge is 2.49. The minimum atomic E-state index is -0.339. The molecule has 42 valence electrons. The first kappa shape index (κ1) is 5.71. The summed E-state index contributed by atoms with van der Waals surface area (Å²) in [6.45, 7) is 2.11. The molecule has 0 heterocycles. The maximum Gasteiger partial charge on any atom is 0.121 e. The summed E-state index contributed by atoms with van der Waals surface area (Å²) in [6, 6.07) is 0. The fourth-order valence-corrected chi connectivity index (χ4v) is 1.39. The molecule has 0 aromatic carbocycles. The summed E-state index contributed by atoms with van der Waals surface area (Å²) in [6.07, 6.45) is 2.11. The molecule has 1 saturated carbocycles.